The van der Waals surface area contributed by atoms with Crippen molar-refractivity contribution in [3.63, 3.8) is 0 Å². The molecule has 1 amide bonds. The Labute approximate surface area is 319 Å². The Morgan fingerprint density at radius 1 is 0.471 bits per heavy atom. The number of hydrogen-bond donors (Lipinski definition) is 3. The summed E-state index contributed by atoms with van der Waals surface area (Å²) in [5.74, 6) is -0.0432. The lowest BCUT2D eigenvalue weighted by molar-refractivity contribution is -0.123. The number of amides is 1. The number of aliphatic hydroxyl groups is 2. The van der Waals surface area contributed by atoms with Crippen LogP contribution in [0.1, 0.15) is 251 Å². The molecule has 4 heteroatoms. The van der Waals surface area contributed by atoms with Gasteiger partial charge in [-0.15, -0.1) is 0 Å². The lowest BCUT2D eigenvalue weighted by atomic mass is 10.0. The zero-order valence-corrected chi connectivity index (χ0v) is 34.6. The minimum atomic E-state index is -0.664. The molecule has 0 bridgehead atoms. The monoisotopic (exact) mass is 718 g/mol. The van der Waals surface area contributed by atoms with Gasteiger partial charge in [0.15, 0.2) is 0 Å². The van der Waals surface area contributed by atoms with Crippen molar-refractivity contribution in [2.45, 2.75) is 264 Å². The summed E-state index contributed by atoms with van der Waals surface area (Å²) in [6, 6.07) is -0.542. The molecule has 0 aliphatic rings. The SMILES string of the molecule is CCCCC/C=C\C/C=C\CCCCCCCC(=O)NC(CO)C(O)CCCCCCCCCCCCCCCCCCCCCCCCCC. The minimum absolute atomic E-state index is 0.0432. The molecule has 0 aromatic rings. The molecule has 0 saturated carbocycles. The normalized spacial score (nSPS) is 13.1. The Balaban J connectivity index is 3.48. The van der Waals surface area contributed by atoms with Gasteiger partial charge < -0.3 is 15.5 Å². The van der Waals surface area contributed by atoms with Crippen molar-refractivity contribution in [1.82, 2.24) is 5.32 Å². The Bertz CT molecular complexity index is 735. The molecule has 0 radical (unpaired) electrons. The first-order chi connectivity index (χ1) is 25.2. The first-order valence-electron chi connectivity index (χ1n) is 23.0. The average Bonchev–Trinajstić information content (AvgIpc) is 3.13. The van der Waals surface area contributed by atoms with Crippen LogP contribution >= 0.6 is 0 Å². The van der Waals surface area contributed by atoms with Crippen LogP contribution in [-0.4, -0.2) is 34.9 Å². The molecule has 0 heterocycles. The van der Waals surface area contributed by atoms with E-state index in [-0.39, 0.29) is 12.5 Å². The molecular formula is C47H91NO3. The van der Waals surface area contributed by atoms with Crippen LogP contribution in [0.15, 0.2) is 24.3 Å². The molecule has 4 nitrogen and oxygen atoms in total. The second-order valence-corrected chi connectivity index (χ2v) is 15.8. The van der Waals surface area contributed by atoms with Crippen molar-refractivity contribution in [1.29, 1.82) is 0 Å². The van der Waals surface area contributed by atoms with E-state index in [1.54, 1.807) is 0 Å². The smallest absolute Gasteiger partial charge is 0.220 e. The van der Waals surface area contributed by atoms with Gasteiger partial charge in [-0.25, -0.2) is 0 Å². The van der Waals surface area contributed by atoms with Gasteiger partial charge in [-0.2, -0.15) is 0 Å². The van der Waals surface area contributed by atoms with Gasteiger partial charge in [0.05, 0.1) is 18.8 Å². The minimum Gasteiger partial charge on any atom is -0.394 e. The molecule has 0 fully saturated rings. The van der Waals surface area contributed by atoms with Crippen molar-refractivity contribution in [2.24, 2.45) is 0 Å². The predicted octanol–water partition coefficient (Wildman–Crippen LogP) is 14.4. The van der Waals surface area contributed by atoms with Gasteiger partial charge in [-0.1, -0.05) is 224 Å². The highest BCUT2D eigenvalue weighted by Crippen LogP contribution is 2.17. The van der Waals surface area contributed by atoms with Crippen molar-refractivity contribution in [3.8, 4) is 0 Å². The molecule has 0 aliphatic heterocycles. The van der Waals surface area contributed by atoms with Crippen molar-refractivity contribution in [2.75, 3.05) is 6.61 Å². The first kappa shape index (κ1) is 49.9. The largest absolute Gasteiger partial charge is 0.394 e. The highest BCUT2D eigenvalue weighted by Gasteiger charge is 2.20. The molecule has 0 aliphatic carbocycles. The number of rotatable bonds is 42. The summed E-state index contributed by atoms with van der Waals surface area (Å²) >= 11 is 0. The topological polar surface area (TPSA) is 69.6 Å². The van der Waals surface area contributed by atoms with Crippen LogP contribution in [0.3, 0.4) is 0 Å². The number of nitrogens with one attached hydrogen (secondary N) is 1. The number of carbonyl (C=O) groups is 1. The lowest BCUT2D eigenvalue weighted by Gasteiger charge is -2.22. The molecule has 51 heavy (non-hydrogen) atoms. The number of carbonyl (C=O) groups excluding carboxylic acids is 1. The van der Waals surface area contributed by atoms with Crippen LogP contribution in [-0.2, 0) is 4.79 Å². The van der Waals surface area contributed by atoms with Crippen molar-refractivity contribution in [3.05, 3.63) is 24.3 Å². The van der Waals surface area contributed by atoms with Gasteiger partial charge in [0.2, 0.25) is 5.91 Å². The molecule has 0 spiro atoms. The Kier molecular flexibility index (Phi) is 42.3. The molecule has 0 aromatic heterocycles. The molecule has 0 rings (SSSR count). The zero-order valence-electron chi connectivity index (χ0n) is 34.6. The van der Waals surface area contributed by atoms with Gasteiger partial charge >= 0.3 is 0 Å². The maximum absolute atomic E-state index is 12.4. The second kappa shape index (κ2) is 43.3. The Morgan fingerprint density at radius 2 is 0.804 bits per heavy atom. The van der Waals surface area contributed by atoms with E-state index in [1.807, 2.05) is 0 Å². The van der Waals surface area contributed by atoms with Crippen LogP contribution in [0.25, 0.3) is 0 Å². The summed E-state index contributed by atoms with van der Waals surface area (Å²) in [7, 11) is 0. The fraction of sp³-hybridized carbons (Fsp3) is 0.894. The number of aliphatic hydroxyl groups excluding tert-OH is 2. The van der Waals surface area contributed by atoms with Crippen LogP contribution < -0.4 is 5.32 Å². The summed E-state index contributed by atoms with van der Waals surface area (Å²) in [5, 5.41) is 23.2. The van der Waals surface area contributed by atoms with Gasteiger partial charge in [-0.05, 0) is 44.9 Å². The summed E-state index contributed by atoms with van der Waals surface area (Å²) in [6.07, 6.45) is 55.5. The lowest BCUT2D eigenvalue weighted by Crippen LogP contribution is -2.45. The van der Waals surface area contributed by atoms with E-state index >= 15 is 0 Å². The van der Waals surface area contributed by atoms with Crippen molar-refractivity contribution >= 4 is 5.91 Å². The molecule has 2 unspecified atom stereocenters. The van der Waals surface area contributed by atoms with Crippen LogP contribution in [0, 0.1) is 0 Å². The van der Waals surface area contributed by atoms with E-state index in [4.69, 9.17) is 0 Å². The molecular weight excluding hydrogens is 627 g/mol. The number of allylic oxidation sites excluding steroid dienone is 4. The predicted molar refractivity (Wildman–Crippen MR) is 225 cm³/mol. The summed E-state index contributed by atoms with van der Waals surface area (Å²) < 4.78 is 0. The average molecular weight is 718 g/mol. The van der Waals surface area contributed by atoms with E-state index in [2.05, 4.69) is 43.5 Å². The van der Waals surface area contributed by atoms with E-state index in [1.165, 1.54) is 180 Å². The quantitative estimate of drug-likeness (QED) is 0.0435. The molecule has 2 atom stereocenters. The van der Waals surface area contributed by atoms with Crippen LogP contribution in [0.2, 0.25) is 0 Å². The van der Waals surface area contributed by atoms with Gasteiger partial charge in [0, 0.05) is 6.42 Å². The molecule has 0 aromatic carbocycles. The number of unbranched alkanes of at least 4 members (excludes halogenated alkanes) is 31. The van der Waals surface area contributed by atoms with Crippen LogP contribution in [0.4, 0.5) is 0 Å². The molecule has 3 N–H and O–H groups in total. The third-order valence-corrected chi connectivity index (χ3v) is 10.7. The highest BCUT2D eigenvalue weighted by atomic mass is 16.3. The fourth-order valence-electron chi connectivity index (χ4n) is 7.16. The van der Waals surface area contributed by atoms with Gasteiger partial charge in [0.1, 0.15) is 0 Å². The Morgan fingerprint density at radius 3 is 1.22 bits per heavy atom. The standard InChI is InChI=1S/C47H91NO3/c1-3-5-7-9-11-13-15-17-19-20-21-22-23-24-25-26-27-29-30-32-34-36-38-40-42-46(50)45(44-49)48-47(51)43-41-39-37-35-33-31-28-18-16-14-12-10-8-6-4-2/h12,14,18,28,45-46,49-50H,3-11,13,15-17,19-27,29-44H2,1-2H3,(H,48,51)/b14-12-,28-18-. The third-order valence-electron chi connectivity index (χ3n) is 10.7. The van der Waals surface area contributed by atoms with E-state index in [9.17, 15) is 15.0 Å². The second-order valence-electron chi connectivity index (χ2n) is 15.8. The summed E-state index contributed by atoms with van der Waals surface area (Å²) in [6.45, 7) is 4.34. The molecule has 302 valence electrons. The zero-order chi connectivity index (χ0) is 37.1. The van der Waals surface area contributed by atoms with Crippen molar-refractivity contribution < 1.29 is 15.0 Å². The number of hydrogen-bond acceptors (Lipinski definition) is 3. The van der Waals surface area contributed by atoms with Crippen LogP contribution in [0.5, 0.6) is 0 Å². The third kappa shape index (κ3) is 39.9. The van der Waals surface area contributed by atoms with E-state index < -0.39 is 12.1 Å². The Hall–Kier alpha value is -1.13. The maximum atomic E-state index is 12.4. The maximum Gasteiger partial charge on any atom is 0.220 e. The van der Waals surface area contributed by atoms with E-state index in [0.29, 0.717) is 12.8 Å². The van der Waals surface area contributed by atoms with Gasteiger partial charge in [-0.3, -0.25) is 4.79 Å². The molecule has 0 saturated heterocycles. The fourth-order valence-corrected chi connectivity index (χ4v) is 7.16. The summed E-state index contributed by atoms with van der Waals surface area (Å²) in [5.41, 5.74) is 0. The van der Waals surface area contributed by atoms with E-state index in [0.717, 1.165) is 44.9 Å². The van der Waals surface area contributed by atoms with Gasteiger partial charge in [0.25, 0.3) is 0 Å². The highest BCUT2D eigenvalue weighted by molar-refractivity contribution is 5.76. The first-order valence-corrected chi connectivity index (χ1v) is 23.0. The summed E-state index contributed by atoms with van der Waals surface area (Å²) in [4.78, 5) is 12.4.